The number of nitrogens with two attached hydrogens (primary N) is 1. The molecule has 0 fully saturated rings. The Labute approximate surface area is 130 Å². The monoisotopic (exact) mass is 317 g/mol. The lowest BCUT2D eigenvalue weighted by molar-refractivity contribution is -0.139. The van der Waals surface area contributed by atoms with Crippen molar-refractivity contribution in [3.05, 3.63) is 0 Å². The van der Waals surface area contributed by atoms with Gasteiger partial charge in [-0.25, -0.2) is 9.59 Å². The van der Waals surface area contributed by atoms with Gasteiger partial charge in [0.1, 0.15) is 11.6 Å². The number of carboxylic acids is 1. The second-order valence-electron chi connectivity index (χ2n) is 5.94. The average molecular weight is 317 g/mol. The highest BCUT2D eigenvalue weighted by atomic mass is 16.6. The van der Waals surface area contributed by atoms with Crippen LogP contribution in [0, 0.1) is 0 Å². The second-order valence-corrected chi connectivity index (χ2v) is 5.94. The molecule has 128 valence electrons. The first-order valence-electron chi connectivity index (χ1n) is 7.35. The number of rotatable bonds is 9. The van der Waals surface area contributed by atoms with Gasteiger partial charge in [-0.15, -0.1) is 0 Å². The number of unbranched alkanes of at least 4 members (excludes halogenated alkanes) is 2. The standard InChI is InChI=1S/C14H27N3O5/c1-14(2,3)22-13(21)17-10(12(19)20)9-16-11(18)7-5-4-6-8-15/h10H,4-9,15H2,1-3H3,(H,16,18)(H,17,21)(H,19,20)/t10-/m1/s1. The Bertz CT molecular complexity index is 379. The topological polar surface area (TPSA) is 131 Å². The zero-order chi connectivity index (χ0) is 17.2. The smallest absolute Gasteiger partial charge is 0.408 e. The van der Waals surface area contributed by atoms with Crippen molar-refractivity contribution in [3.8, 4) is 0 Å². The van der Waals surface area contributed by atoms with E-state index in [0.29, 0.717) is 19.4 Å². The van der Waals surface area contributed by atoms with Crippen molar-refractivity contribution in [3.63, 3.8) is 0 Å². The number of amides is 2. The van der Waals surface area contributed by atoms with Gasteiger partial charge < -0.3 is 26.2 Å². The predicted octanol–water partition coefficient (Wildman–Crippen LogP) is 0.600. The fraction of sp³-hybridized carbons (Fsp3) is 0.786. The van der Waals surface area contributed by atoms with Crippen molar-refractivity contribution >= 4 is 18.0 Å². The van der Waals surface area contributed by atoms with E-state index in [1.54, 1.807) is 20.8 Å². The van der Waals surface area contributed by atoms with Gasteiger partial charge in [0.25, 0.3) is 0 Å². The minimum Gasteiger partial charge on any atom is -0.480 e. The number of alkyl carbamates (subject to hydrolysis) is 1. The van der Waals surface area contributed by atoms with Crippen molar-refractivity contribution in [2.45, 2.75) is 58.1 Å². The number of carboxylic acid groups (broad SMARTS) is 1. The molecule has 0 aliphatic carbocycles. The van der Waals surface area contributed by atoms with Crippen LogP contribution in [0.2, 0.25) is 0 Å². The highest BCUT2D eigenvalue weighted by Gasteiger charge is 2.24. The molecule has 0 bridgehead atoms. The van der Waals surface area contributed by atoms with Crippen molar-refractivity contribution in [2.75, 3.05) is 13.1 Å². The van der Waals surface area contributed by atoms with Gasteiger partial charge in [0.15, 0.2) is 0 Å². The van der Waals surface area contributed by atoms with Crippen LogP contribution >= 0.6 is 0 Å². The molecular formula is C14H27N3O5. The SMILES string of the molecule is CC(C)(C)OC(=O)N[C@H](CNC(=O)CCCCCN)C(=O)O. The Kier molecular flexibility index (Phi) is 9.16. The Balaban J connectivity index is 4.17. The molecule has 22 heavy (non-hydrogen) atoms. The molecule has 0 aromatic heterocycles. The molecule has 0 aromatic carbocycles. The van der Waals surface area contributed by atoms with Crippen LogP contribution < -0.4 is 16.4 Å². The minimum atomic E-state index is -1.24. The van der Waals surface area contributed by atoms with Crippen LogP contribution in [-0.2, 0) is 14.3 Å². The lowest BCUT2D eigenvalue weighted by Crippen LogP contribution is -2.49. The average Bonchev–Trinajstić information content (AvgIpc) is 2.37. The fourth-order valence-electron chi connectivity index (χ4n) is 1.56. The van der Waals surface area contributed by atoms with E-state index in [4.69, 9.17) is 15.6 Å². The van der Waals surface area contributed by atoms with E-state index in [1.165, 1.54) is 0 Å². The number of aliphatic carboxylic acids is 1. The minimum absolute atomic E-state index is 0.190. The summed E-state index contributed by atoms with van der Waals surface area (Å²) in [6, 6.07) is -1.23. The van der Waals surface area contributed by atoms with Crippen LogP contribution in [0.1, 0.15) is 46.5 Å². The zero-order valence-corrected chi connectivity index (χ0v) is 13.5. The lowest BCUT2D eigenvalue weighted by atomic mass is 10.2. The zero-order valence-electron chi connectivity index (χ0n) is 13.5. The number of nitrogens with one attached hydrogen (secondary N) is 2. The number of hydrogen-bond acceptors (Lipinski definition) is 5. The first-order valence-corrected chi connectivity index (χ1v) is 7.35. The largest absolute Gasteiger partial charge is 0.480 e. The third-order valence-electron chi connectivity index (χ3n) is 2.60. The van der Waals surface area contributed by atoms with E-state index in [1.807, 2.05) is 0 Å². The molecule has 0 aliphatic rings. The first kappa shape index (κ1) is 20.2. The maximum Gasteiger partial charge on any atom is 0.408 e. The summed E-state index contributed by atoms with van der Waals surface area (Å²) < 4.78 is 4.98. The molecule has 8 heteroatoms. The van der Waals surface area contributed by atoms with Gasteiger partial charge in [-0.2, -0.15) is 0 Å². The van der Waals surface area contributed by atoms with Crippen LogP contribution in [0.5, 0.6) is 0 Å². The van der Waals surface area contributed by atoms with Crippen molar-refractivity contribution < 1.29 is 24.2 Å². The Morgan fingerprint density at radius 2 is 1.82 bits per heavy atom. The first-order chi connectivity index (χ1) is 10.2. The Hall–Kier alpha value is -1.83. The van der Waals surface area contributed by atoms with E-state index < -0.39 is 23.7 Å². The van der Waals surface area contributed by atoms with E-state index in [2.05, 4.69) is 10.6 Å². The maximum atomic E-state index is 11.6. The van der Waals surface area contributed by atoms with Crippen molar-refractivity contribution in [1.29, 1.82) is 0 Å². The van der Waals surface area contributed by atoms with E-state index in [9.17, 15) is 14.4 Å². The molecule has 0 aliphatic heterocycles. The summed E-state index contributed by atoms with van der Waals surface area (Å²) in [6.45, 7) is 5.41. The predicted molar refractivity (Wildman–Crippen MR) is 81.3 cm³/mol. The molecule has 0 unspecified atom stereocenters. The summed E-state index contributed by atoms with van der Waals surface area (Å²) in [6.07, 6.45) is 1.87. The molecular weight excluding hydrogens is 290 g/mol. The normalized spacial score (nSPS) is 12.4. The molecule has 0 saturated heterocycles. The van der Waals surface area contributed by atoms with Gasteiger partial charge in [-0.1, -0.05) is 6.42 Å². The van der Waals surface area contributed by atoms with Gasteiger partial charge in [0, 0.05) is 13.0 Å². The molecule has 2 amide bonds. The fourth-order valence-corrected chi connectivity index (χ4v) is 1.56. The van der Waals surface area contributed by atoms with Crippen LogP contribution in [0.25, 0.3) is 0 Å². The molecule has 5 N–H and O–H groups in total. The molecule has 0 radical (unpaired) electrons. The third-order valence-corrected chi connectivity index (χ3v) is 2.60. The summed E-state index contributed by atoms with van der Waals surface area (Å²) >= 11 is 0. The molecule has 1 atom stereocenters. The number of carbonyl (C=O) groups excluding carboxylic acids is 2. The number of ether oxygens (including phenoxy) is 1. The van der Waals surface area contributed by atoms with Crippen molar-refractivity contribution in [1.82, 2.24) is 10.6 Å². The quantitative estimate of drug-likeness (QED) is 0.461. The van der Waals surface area contributed by atoms with Crippen LogP contribution in [0.4, 0.5) is 4.79 Å². The van der Waals surface area contributed by atoms with E-state index in [0.717, 1.165) is 12.8 Å². The van der Waals surface area contributed by atoms with Gasteiger partial charge in [0.2, 0.25) is 5.91 Å². The summed E-state index contributed by atoms with van der Waals surface area (Å²) in [5, 5.41) is 13.7. The molecule has 0 saturated carbocycles. The summed E-state index contributed by atoms with van der Waals surface area (Å²) in [4.78, 5) is 34.2. The van der Waals surface area contributed by atoms with Gasteiger partial charge in [0.05, 0.1) is 0 Å². The summed E-state index contributed by atoms with van der Waals surface area (Å²) in [5.74, 6) is -1.50. The molecule has 0 heterocycles. The summed E-state index contributed by atoms with van der Waals surface area (Å²) in [7, 11) is 0. The van der Waals surface area contributed by atoms with Crippen LogP contribution in [0.3, 0.4) is 0 Å². The molecule has 8 nitrogen and oxygen atoms in total. The molecule has 0 rings (SSSR count). The second kappa shape index (κ2) is 9.99. The van der Waals surface area contributed by atoms with Gasteiger partial charge >= 0.3 is 12.1 Å². The van der Waals surface area contributed by atoms with E-state index in [-0.39, 0.29) is 12.5 Å². The molecule has 0 aromatic rings. The van der Waals surface area contributed by atoms with Crippen LogP contribution in [0.15, 0.2) is 0 Å². The highest BCUT2D eigenvalue weighted by Crippen LogP contribution is 2.06. The van der Waals surface area contributed by atoms with E-state index >= 15 is 0 Å². The Morgan fingerprint density at radius 1 is 1.18 bits per heavy atom. The van der Waals surface area contributed by atoms with Gasteiger partial charge in [-0.3, -0.25) is 4.79 Å². The van der Waals surface area contributed by atoms with Crippen LogP contribution in [-0.4, -0.2) is 47.8 Å². The number of carbonyl (C=O) groups is 3. The molecule has 0 spiro atoms. The van der Waals surface area contributed by atoms with Crippen molar-refractivity contribution in [2.24, 2.45) is 5.73 Å². The Morgan fingerprint density at radius 3 is 2.32 bits per heavy atom. The highest BCUT2D eigenvalue weighted by molar-refractivity contribution is 5.82. The number of hydrogen-bond donors (Lipinski definition) is 4. The van der Waals surface area contributed by atoms with Gasteiger partial charge in [-0.05, 0) is 40.2 Å². The summed E-state index contributed by atoms with van der Waals surface area (Å²) in [5.41, 5.74) is 4.63. The third kappa shape index (κ3) is 10.9. The lowest BCUT2D eigenvalue weighted by Gasteiger charge is -2.22. The maximum absolute atomic E-state index is 11.6.